The molecule has 1 fully saturated rings. The first-order chi connectivity index (χ1) is 10.1. The van der Waals surface area contributed by atoms with Crippen LogP contribution in [-0.2, 0) is 9.59 Å². The van der Waals surface area contributed by atoms with Gasteiger partial charge in [-0.2, -0.15) is 5.10 Å². The Bertz CT molecular complexity index is 476. The molecule has 1 aliphatic rings. The zero-order chi connectivity index (χ0) is 15.3. The van der Waals surface area contributed by atoms with E-state index >= 15 is 0 Å². The molecule has 6 nitrogen and oxygen atoms in total. The average Bonchev–Trinajstić information content (AvgIpc) is 2.89. The molecule has 0 radical (unpaired) electrons. The standard InChI is InChI=1S/C15H23N3O3/c1-12(18-10-6-9-17-18)13(19)16-11-15(14(20)21)7-4-2-3-5-8-15/h6,9-10,12H,2-5,7-8,11H2,1H3,(H,16,19)(H,20,21). The lowest BCUT2D eigenvalue weighted by Gasteiger charge is -2.28. The molecule has 116 valence electrons. The first-order valence-corrected chi connectivity index (χ1v) is 7.55. The van der Waals surface area contributed by atoms with Gasteiger partial charge in [-0.05, 0) is 25.8 Å². The van der Waals surface area contributed by atoms with Gasteiger partial charge in [0.2, 0.25) is 5.91 Å². The van der Waals surface area contributed by atoms with E-state index in [0.717, 1.165) is 25.7 Å². The molecule has 0 bridgehead atoms. The van der Waals surface area contributed by atoms with Gasteiger partial charge in [0.25, 0.3) is 0 Å². The van der Waals surface area contributed by atoms with Crippen molar-refractivity contribution >= 4 is 11.9 Å². The summed E-state index contributed by atoms with van der Waals surface area (Å²) in [6, 6.07) is 1.32. The topological polar surface area (TPSA) is 84.2 Å². The fourth-order valence-electron chi connectivity index (χ4n) is 2.91. The van der Waals surface area contributed by atoms with Gasteiger partial charge in [-0.1, -0.05) is 25.7 Å². The molecule has 1 heterocycles. The van der Waals surface area contributed by atoms with Crippen LogP contribution in [0.5, 0.6) is 0 Å². The largest absolute Gasteiger partial charge is 0.481 e. The summed E-state index contributed by atoms with van der Waals surface area (Å²) in [4.78, 5) is 23.8. The normalized spacial score (nSPS) is 19.5. The summed E-state index contributed by atoms with van der Waals surface area (Å²) in [5, 5.41) is 16.4. The Morgan fingerprint density at radius 1 is 1.33 bits per heavy atom. The minimum atomic E-state index is -0.810. The molecule has 0 saturated heterocycles. The molecule has 2 rings (SSSR count). The minimum absolute atomic E-state index is 0.191. The van der Waals surface area contributed by atoms with Crippen LogP contribution in [0.1, 0.15) is 51.5 Å². The monoisotopic (exact) mass is 293 g/mol. The number of carbonyl (C=O) groups excluding carboxylic acids is 1. The number of aromatic nitrogens is 2. The molecule has 1 atom stereocenters. The van der Waals surface area contributed by atoms with Gasteiger partial charge in [0, 0.05) is 18.9 Å². The van der Waals surface area contributed by atoms with Gasteiger partial charge in [0.1, 0.15) is 6.04 Å². The van der Waals surface area contributed by atoms with Crippen LogP contribution >= 0.6 is 0 Å². The van der Waals surface area contributed by atoms with Crippen molar-refractivity contribution in [3.05, 3.63) is 18.5 Å². The summed E-state index contributed by atoms with van der Waals surface area (Å²) in [5.41, 5.74) is -0.810. The zero-order valence-corrected chi connectivity index (χ0v) is 12.4. The predicted molar refractivity (Wildman–Crippen MR) is 77.7 cm³/mol. The minimum Gasteiger partial charge on any atom is -0.481 e. The van der Waals surface area contributed by atoms with E-state index in [1.54, 1.807) is 30.1 Å². The smallest absolute Gasteiger partial charge is 0.311 e. The van der Waals surface area contributed by atoms with Crippen LogP contribution in [0, 0.1) is 5.41 Å². The van der Waals surface area contributed by atoms with E-state index in [1.807, 2.05) is 0 Å². The highest BCUT2D eigenvalue weighted by Gasteiger charge is 2.39. The van der Waals surface area contributed by atoms with Crippen LogP contribution in [0.4, 0.5) is 0 Å². The molecule has 2 N–H and O–H groups in total. The van der Waals surface area contributed by atoms with Gasteiger partial charge >= 0.3 is 5.97 Å². The first kappa shape index (κ1) is 15.5. The molecular formula is C15H23N3O3. The number of nitrogens with one attached hydrogen (secondary N) is 1. The molecule has 0 aliphatic heterocycles. The molecule has 21 heavy (non-hydrogen) atoms. The van der Waals surface area contributed by atoms with Crippen molar-refractivity contribution in [3.8, 4) is 0 Å². The van der Waals surface area contributed by atoms with Crippen LogP contribution < -0.4 is 5.32 Å². The highest BCUT2D eigenvalue weighted by Crippen LogP contribution is 2.34. The van der Waals surface area contributed by atoms with E-state index < -0.39 is 17.4 Å². The highest BCUT2D eigenvalue weighted by atomic mass is 16.4. The van der Waals surface area contributed by atoms with E-state index in [1.165, 1.54) is 0 Å². The summed E-state index contributed by atoms with van der Waals surface area (Å²) in [6.45, 7) is 1.95. The number of carboxylic acid groups (broad SMARTS) is 1. The Labute approximate surface area is 124 Å². The maximum absolute atomic E-state index is 12.2. The second kappa shape index (κ2) is 6.74. The summed E-state index contributed by atoms with van der Waals surface area (Å²) in [5.74, 6) is -0.986. The molecule has 1 aliphatic carbocycles. The van der Waals surface area contributed by atoms with Crippen molar-refractivity contribution in [2.45, 2.75) is 51.5 Å². The molecule has 1 unspecified atom stereocenters. The number of carboxylic acids is 1. The van der Waals surface area contributed by atoms with Crippen LogP contribution in [0.15, 0.2) is 18.5 Å². The van der Waals surface area contributed by atoms with Gasteiger partial charge in [-0.25, -0.2) is 0 Å². The lowest BCUT2D eigenvalue weighted by Crippen LogP contribution is -2.44. The number of hydrogen-bond acceptors (Lipinski definition) is 3. The quantitative estimate of drug-likeness (QED) is 0.813. The lowest BCUT2D eigenvalue weighted by atomic mass is 9.80. The predicted octanol–water partition coefficient (Wildman–Crippen LogP) is 1.99. The van der Waals surface area contributed by atoms with Crippen molar-refractivity contribution < 1.29 is 14.7 Å². The second-order valence-electron chi connectivity index (χ2n) is 5.88. The van der Waals surface area contributed by atoms with Crippen molar-refractivity contribution in [3.63, 3.8) is 0 Å². The van der Waals surface area contributed by atoms with E-state index in [9.17, 15) is 14.7 Å². The van der Waals surface area contributed by atoms with Gasteiger partial charge < -0.3 is 10.4 Å². The Morgan fingerprint density at radius 2 is 2.00 bits per heavy atom. The third-order valence-electron chi connectivity index (χ3n) is 4.42. The Kier molecular flexibility index (Phi) is 4.98. The molecular weight excluding hydrogens is 270 g/mol. The Hall–Kier alpha value is -1.85. The lowest BCUT2D eigenvalue weighted by molar-refractivity contribution is -0.150. The molecule has 1 aromatic rings. The summed E-state index contributed by atoms with van der Waals surface area (Å²) in [7, 11) is 0. The van der Waals surface area contributed by atoms with Crippen molar-refractivity contribution in [1.82, 2.24) is 15.1 Å². The van der Waals surface area contributed by atoms with E-state index in [2.05, 4.69) is 10.4 Å². The average molecular weight is 293 g/mol. The number of hydrogen-bond donors (Lipinski definition) is 2. The zero-order valence-electron chi connectivity index (χ0n) is 12.4. The van der Waals surface area contributed by atoms with Gasteiger partial charge in [0.15, 0.2) is 0 Å². The van der Waals surface area contributed by atoms with Gasteiger partial charge in [-0.3, -0.25) is 14.3 Å². The SMILES string of the molecule is CC(C(=O)NCC1(C(=O)O)CCCCCC1)n1cccn1. The molecule has 6 heteroatoms. The number of nitrogens with zero attached hydrogens (tertiary/aromatic N) is 2. The Balaban J connectivity index is 1.98. The highest BCUT2D eigenvalue weighted by molar-refractivity contribution is 5.81. The summed E-state index contributed by atoms with van der Waals surface area (Å²) < 4.78 is 1.57. The van der Waals surface area contributed by atoms with Crippen LogP contribution in [-0.4, -0.2) is 33.3 Å². The molecule has 1 amide bonds. The van der Waals surface area contributed by atoms with E-state index in [4.69, 9.17) is 0 Å². The van der Waals surface area contributed by atoms with Crippen molar-refractivity contribution in [1.29, 1.82) is 0 Å². The van der Waals surface area contributed by atoms with Crippen LogP contribution in [0.3, 0.4) is 0 Å². The molecule has 0 spiro atoms. The van der Waals surface area contributed by atoms with Crippen molar-refractivity contribution in [2.24, 2.45) is 5.41 Å². The van der Waals surface area contributed by atoms with E-state index in [-0.39, 0.29) is 12.5 Å². The number of rotatable bonds is 5. The second-order valence-corrected chi connectivity index (χ2v) is 5.88. The fraction of sp³-hybridized carbons (Fsp3) is 0.667. The first-order valence-electron chi connectivity index (χ1n) is 7.55. The number of aliphatic carboxylic acids is 1. The van der Waals surface area contributed by atoms with Gasteiger partial charge in [-0.15, -0.1) is 0 Å². The molecule has 1 aromatic heterocycles. The van der Waals surface area contributed by atoms with Crippen LogP contribution in [0.2, 0.25) is 0 Å². The third-order valence-corrected chi connectivity index (χ3v) is 4.42. The van der Waals surface area contributed by atoms with Crippen LogP contribution in [0.25, 0.3) is 0 Å². The Morgan fingerprint density at radius 3 is 2.52 bits per heavy atom. The van der Waals surface area contributed by atoms with E-state index in [0.29, 0.717) is 12.8 Å². The third kappa shape index (κ3) is 3.62. The summed E-state index contributed by atoms with van der Waals surface area (Å²) in [6.07, 6.45) is 8.60. The molecule has 0 aromatic carbocycles. The molecule has 1 saturated carbocycles. The maximum atomic E-state index is 12.2. The summed E-state index contributed by atoms with van der Waals surface area (Å²) >= 11 is 0. The van der Waals surface area contributed by atoms with Gasteiger partial charge in [0.05, 0.1) is 5.41 Å². The number of amides is 1. The maximum Gasteiger partial charge on any atom is 0.311 e. The van der Waals surface area contributed by atoms with Crippen molar-refractivity contribution in [2.75, 3.05) is 6.54 Å². The number of carbonyl (C=O) groups is 2. The fourth-order valence-corrected chi connectivity index (χ4v) is 2.91.